The third-order valence-corrected chi connectivity index (χ3v) is 16.4. The highest BCUT2D eigenvalue weighted by Crippen LogP contribution is 2.30. The number of nitrogens with two attached hydrogens (primary N) is 3. The Hall–Kier alpha value is -11.8. The molecule has 3 aliphatic carbocycles. The van der Waals surface area contributed by atoms with E-state index >= 15 is 0 Å². The average Bonchev–Trinajstić information content (AvgIpc) is 0.830. The minimum Gasteiger partial charge on any atom is -0.444 e. The van der Waals surface area contributed by atoms with E-state index in [1.54, 1.807) is 135 Å². The molecule has 12 rings (SSSR count). The van der Waals surface area contributed by atoms with Gasteiger partial charge in [-0.25, -0.2) is 54.4 Å². The number of pyridine rings is 6. The summed E-state index contributed by atoms with van der Waals surface area (Å²) >= 11 is 5.98. The monoisotopic (exact) mass is 1410 g/mol. The number of halogens is 1. The van der Waals surface area contributed by atoms with Gasteiger partial charge >= 0.3 is 12.2 Å². The molecular weight excluding hydrogens is 1330 g/mol. The smallest absolute Gasteiger partial charge is 0.407 e. The molecule has 6 atom stereocenters. The molecule has 3 saturated carbocycles. The normalized spacial score (nSPS) is 17.6. The van der Waals surface area contributed by atoms with Gasteiger partial charge in [0.15, 0.2) is 23.3 Å². The van der Waals surface area contributed by atoms with Crippen molar-refractivity contribution in [3.05, 3.63) is 169 Å². The Bertz CT molecular complexity index is 4370. The highest BCUT2D eigenvalue weighted by atomic mass is 35.5. The molecule has 3 fully saturated rings. The molecule has 103 heavy (non-hydrogen) atoms. The molecule has 0 saturated heterocycles. The largest absolute Gasteiger partial charge is 0.444 e. The van der Waals surface area contributed by atoms with Crippen LogP contribution in [-0.2, 0) is 9.47 Å². The van der Waals surface area contributed by atoms with E-state index in [9.17, 15) is 19.6 Å². The van der Waals surface area contributed by atoms with Crippen LogP contribution in [0.1, 0.15) is 140 Å². The maximum absolute atomic E-state index is 12.4. The fourth-order valence-corrected chi connectivity index (χ4v) is 11.6. The summed E-state index contributed by atoms with van der Waals surface area (Å²) in [5, 5.41) is 41.2. The van der Waals surface area contributed by atoms with Crippen LogP contribution in [-0.4, -0.2) is 125 Å². The number of ether oxygens (including phenoxy) is 2. The second kappa shape index (κ2) is 36.5. The number of carbonyl (C=O) groups is 3. The number of nitrogen functional groups attached to an aromatic ring is 1. The van der Waals surface area contributed by atoms with Crippen molar-refractivity contribution in [1.82, 2.24) is 70.4 Å². The number of alkyl carbamates (subject to hydrolysis) is 2. The van der Waals surface area contributed by atoms with E-state index in [2.05, 4.69) is 103 Å². The highest BCUT2D eigenvalue weighted by molar-refractivity contribution is 6.30. The number of nitrogens with zero attached hydrogens (tertiary/aromatic N) is 14. The number of rotatable bonds is 16. The van der Waals surface area contributed by atoms with Crippen LogP contribution >= 0.6 is 11.6 Å². The van der Waals surface area contributed by atoms with Crippen LogP contribution < -0.4 is 54.4 Å². The van der Waals surface area contributed by atoms with Crippen LogP contribution in [0.2, 0.25) is 5.15 Å². The van der Waals surface area contributed by atoms with Gasteiger partial charge in [0, 0.05) is 103 Å². The fraction of sp³-hybridized carbons (Fsp3) is 0.356. The standard InChI is InChI=1S/C26H30N8O2.C21H24N8O.C17H23ClN4O2.C9H8N4/c1-26(2,3)36-25(35)33-21-8-5-4-7-20(21)32-22-10-9-17(14-27)24(34-22)31-19-13-18(15-28-16-19)23-29-11-6-12-30-23;22-16-4-1-2-5-17(16)28-18-7-6-15(19(23)30)21(29-18)27-14-10-13(11-24-12-14)20-25-8-3-9-26-20;1-17(2,3)24-16(23)21-13-7-5-4-6-12(13)20-14-9-8-11(10-19)15(18)22-14;10-8-4-7(5-11-6-8)9-12-2-1-3-13-9/h6,9-13,15-16,20-21H,4-5,7-8H2,1-3H3,(H,33,35)(H2,31,32,34);3,6-12,16-17H,1-2,4-5,22H2,(H2,23,30)(H2,27,28,29);8-9,12-13H,4-7H2,1-3H3,(H,20,22)(H,21,23);1-6H,10H2/t20-,21+;16-,17+;12-,13+;/m101./s1. The summed E-state index contributed by atoms with van der Waals surface area (Å²) in [5.41, 5.74) is 21.5. The van der Waals surface area contributed by atoms with Crippen LogP contribution in [0.25, 0.3) is 34.2 Å². The molecule has 9 aromatic heterocycles. The number of hydrogen-bond acceptors (Lipinski definition) is 26. The summed E-state index contributed by atoms with van der Waals surface area (Å²) in [6.45, 7) is 11.0. The number of carbonyl (C=O) groups excluding carboxylic acids is 3. The molecule has 9 heterocycles. The zero-order valence-electron chi connectivity index (χ0n) is 58.2. The second-order valence-corrected chi connectivity index (χ2v) is 26.8. The summed E-state index contributed by atoms with van der Waals surface area (Å²) in [6.07, 6.45) is 31.1. The molecule has 3 amide bonds. The Morgan fingerprint density at radius 3 is 1.32 bits per heavy atom. The van der Waals surface area contributed by atoms with Crippen LogP contribution in [0, 0.1) is 22.7 Å². The lowest BCUT2D eigenvalue weighted by Crippen LogP contribution is -2.49. The zero-order chi connectivity index (χ0) is 73.3. The van der Waals surface area contributed by atoms with E-state index in [1.807, 2.05) is 59.7 Å². The molecule has 30 heteroatoms. The molecule has 9 aromatic rings. The van der Waals surface area contributed by atoms with Gasteiger partial charge in [0.2, 0.25) is 0 Å². The van der Waals surface area contributed by atoms with Crippen molar-refractivity contribution in [3.63, 3.8) is 0 Å². The Kier molecular flexibility index (Phi) is 26.7. The number of anilines is 8. The average molecular weight is 1410 g/mol. The van der Waals surface area contributed by atoms with Gasteiger partial charge in [0.25, 0.3) is 5.91 Å². The summed E-state index contributed by atoms with van der Waals surface area (Å²) in [7, 11) is 0. The molecule has 0 aromatic carbocycles. The quantitative estimate of drug-likeness (QED) is 0.0402. The van der Waals surface area contributed by atoms with Gasteiger partial charge in [0.1, 0.15) is 51.8 Å². The van der Waals surface area contributed by atoms with Gasteiger partial charge in [0.05, 0.1) is 58.2 Å². The molecule has 0 unspecified atom stereocenters. The van der Waals surface area contributed by atoms with Gasteiger partial charge in [-0.05, 0) is 153 Å². The maximum Gasteiger partial charge on any atom is 0.407 e. The molecule has 0 aliphatic heterocycles. The first-order valence-corrected chi connectivity index (χ1v) is 34.2. The van der Waals surface area contributed by atoms with Crippen molar-refractivity contribution in [2.75, 3.05) is 32.3 Å². The van der Waals surface area contributed by atoms with Crippen molar-refractivity contribution in [2.24, 2.45) is 11.5 Å². The fourth-order valence-electron chi connectivity index (χ4n) is 11.4. The molecule has 29 nitrogen and oxygen atoms in total. The van der Waals surface area contributed by atoms with Crippen molar-refractivity contribution >= 4 is 75.8 Å². The van der Waals surface area contributed by atoms with E-state index in [1.165, 1.54) is 0 Å². The van der Waals surface area contributed by atoms with E-state index in [4.69, 9.17) is 43.5 Å². The SMILES string of the molecule is CC(C)(C)OC(=O)N[C@H]1CCCC[C@H]1Nc1ccc(C#N)c(Cl)n1.CC(C)(C)OC(=O)N[C@H]1CCCC[C@H]1Nc1ccc(C#N)c(Nc2cncc(-c3ncccn3)c2)n1.NC(=O)c1ccc(N[C@@H]2CCCC[C@@H]2N)nc1Nc1cncc(-c2ncccn2)c1.Nc1cncc(-c2ncccn2)c1. The summed E-state index contributed by atoms with van der Waals surface area (Å²) in [4.78, 5) is 87.4. The van der Waals surface area contributed by atoms with Gasteiger partial charge in [-0.15, -0.1) is 0 Å². The Balaban J connectivity index is 0.000000167. The van der Waals surface area contributed by atoms with E-state index in [0.717, 1.165) is 93.7 Å². The zero-order valence-corrected chi connectivity index (χ0v) is 59.0. The lowest BCUT2D eigenvalue weighted by atomic mass is 9.90. The van der Waals surface area contributed by atoms with Gasteiger partial charge < -0.3 is 63.9 Å². The van der Waals surface area contributed by atoms with Crippen LogP contribution in [0.3, 0.4) is 0 Å². The third-order valence-electron chi connectivity index (χ3n) is 16.1. The maximum atomic E-state index is 12.4. The van der Waals surface area contributed by atoms with Crippen molar-refractivity contribution in [2.45, 2.75) is 166 Å². The number of aromatic nitrogens is 12. The predicted octanol–water partition coefficient (Wildman–Crippen LogP) is 12.2. The minimum absolute atomic E-state index is 0.0141. The topological polar surface area (TPSA) is 434 Å². The van der Waals surface area contributed by atoms with E-state index < -0.39 is 29.3 Å². The first kappa shape index (κ1) is 75.4. The molecule has 0 bridgehead atoms. The number of amides is 3. The summed E-state index contributed by atoms with van der Waals surface area (Å²) in [5.74, 6) is 3.78. The Morgan fingerprint density at radius 2 is 0.883 bits per heavy atom. The first-order chi connectivity index (χ1) is 49.5. The van der Waals surface area contributed by atoms with Crippen LogP contribution in [0.5, 0.6) is 0 Å². The van der Waals surface area contributed by atoms with Crippen LogP contribution in [0.15, 0.2) is 147 Å². The van der Waals surface area contributed by atoms with Gasteiger partial charge in [-0.1, -0.05) is 50.1 Å². The lowest BCUT2D eigenvalue weighted by Gasteiger charge is -2.33. The van der Waals surface area contributed by atoms with E-state index in [0.29, 0.717) is 74.8 Å². The summed E-state index contributed by atoms with van der Waals surface area (Å²) < 4.78 is 10.8. The third kappa shape index (κ3) is 23.7. The van der Waals surface area contributed by atoms with Gasteiger partial charge in [-0.3, -0.25) is 19.7 Å². The van der Waals surface area contributed by atoms with E-state index in [-0.39, 0.29) is 47.0 Å². The molecule has 0 spiro atoms. The number of hydrogen-bond donors (Lipinski definition) is 10. The lowest BCUT2D eigenvalue weighted by molar-refractivity contribution is 0.0477. The second-order valence-electron chi connectivity index (χ2n) is 26.5. The number of nitriles is 2. The van der Waals surface area contributed by atoms with Crippen molar-refractivity contribution < 1.29 is 23.9 Å². The Morgan fingerprint density at radius 1 is 0.495 bits per heavy atom. The molecule has 534 valence electrons. The molecular formula is C73H85ClN24O5. The number of nitrogens with one attached hydrogen (secondary N) is 7. The molecule has 0 radical (unpaired) electrons. The summed E-state index contributed by atoms with van der Waals surface area (Å²) in [6, 6.07) is 25.3. The Labute approximate surface area is 603 Å². The predicted molar refractivity (Wildman–Crippen MR) is 394 cm³/mol. The molecule has 3 aliphatic rings. The molecule has 13 N–H and O–H groups in total. The first-order valence-electron chi connectivity index (χ1n) is 33.8. The highest BCUT2D eigenvalue weighted by Gasteiger charge is 2.31. The number of primary amides is 1. The minimum atomic E-state index is -0.568. The van der Waals surface area contributed by atoms with Crippen molar-refractivity contribution in [1.29, 1.82) is 10.5 Å². The van der Waals surface area contributed by atoms with Crippen LogP contribution in [0.4, 0.5) is 55.7 Å². The van der Waals surface area contributed by atoms with Crippen molar-refractivity contribution in [3.8, 4) is 46.3 Å². The van der Waals surface area contributed by atoms with Gasteiger partial charge in [-0.2, -0.15) is 10.5 Å².